The fourth-order valence-electron chi connectivity index (χ4n) is 1.58. The van der Waals surface area contributed by atoms with Crippen LogP contribution in [0.2, 0.25) is 0 Å². The molecule has 0 bridgehead atoms. The SMILES string of the molecule is CCC(CC(=O)O)NC(=O)c1ccc(OC(F)(F)F)cc1. The highest BCUT2D eigenvalue weighted by Gasteiger charge is 2.31. The minimum atomic E-state index is -4.79. The number of hydrogen-bond donors (Lipinski definition) is 2. The molecular weight excluding hydrogens is 291 g/mol. The number of halogens is 3. The molecule has 0 fully saturated rings. The zero-order valence-corrected chi connectivity index (χ0v) is 11.1. The van der Waals surface area contributed by atoms with Crippen molar-refractivity contribution in [2.24, 2.45) is 0 Å². The van der Waals surface area contributed by atoms with Gasteiger partial charge in [0.15, 0.2) is 0 Å². The second-order valence-electron chi connectivity index (χ2n) is 4.25. The summed E-state index contributed by atoms with van der Waals surface area (Å²) >= 11 is 0. The van der Waals surface area contributed by atoms with Crippen LogP contribution in [0, 0.1) is 0 Å². The van der Waals surface area contributed by atoms with E-state index in [1.54, 1.807) is 6.92 Å². The number of aliphatic carboxylic acids is 1. The van der Waals surface area contributed by atoms with Crippen LogP contribution in [0.1, 0.15) is 30.1 Å². The lowest BCUT2D eigenvalue weighted by Gasteiger charge is -2.15. The van der Waals surface area contributed by atoms with Gasteiger partial charge in [0, 0.05) is 11.6 Å². The molecule has 116 valence electrons. The van der Waals surface area contributed by atoms with Crippen LogP contribution in [-0.2, 0) is 4.79 Å². The lowest BCUT2D eigenvalue weighted by molar-refractivity contribution is -0.274. The van der Waals surface area contributed by atoms with Crippen molar-refractivity contribution in [2.45, 2.75) is 32.2 Å². The van der Waals surface area contributed by atoms with Gasteiger partial charge in [-0.25, -0.2) is 0 Å². The minimum absolute atomic E-state index is 0.119. The molecule has 2 N–H and O–H groups in total. The standard InChI is InChI=1S/C13H14F3NO4/c1-2-9(7-11(18)19)17-12(20)8-3-5-10(6-4-8)21-13(14,15)16/h3-6,9H,2,7H2,1H3,(H,17,20)(H,18,19). The zero-order valence-electron chi connectivity index (χ0n) is 11.1. The van der Waals surface area contributed by atoms with Crippen molar-refractivity contribution < 1.29 is 32.6 Å². The monoisotopic (exact) mass is 305 g/mol. The van der Waals surface area contributed by atoms with E-state index in [1.165, 1.54) is 12.1 Å². The van der Waals surface area contributed by atoms with Gasteiger partial charge in [0.05, 0.1) is 6.42 Å². The normalized spacial score (nSPS) is 12.6. The molecule has 1 aromatic carbocycles. The molecule has 1 aromatic rings. The predicted octanol–water partition coefficient (Wildman–Crippen LogP) is 2.57. The molecule has 0 aliphatic heterocycles. The molecule has 0 spiro atoms. The average Bonchev–Trinajstić information content (AvgIpc) is 2.36. The Morgan fingerprint density at radius 2 is 1.86 bits per heavy atom. The average molecular weight is 305 g/mol. The summed E-state index contributed by atoms with van der Waals surface area (Å²) in [6.45, 7) is 1.72. The number of nitrogens with one attached hydrogen (secondary N) is 1. The summed E-state index contributed by atoms with van der Waals surface area (Å²) in [5.41, 5.74) is 0.119. The van der Waals surface area contributed by atoms with Crippen molar-refractivity contribution in [2.75, 3.05) is 0 Å². The number of rotatable bonds is 6. The molecule has 0 aromatic heterocycles. The van der Waals surface area contributed by atoms with Crippen LogP contribution < -0.4 is 10.1 Å². The van der Waals surface area contributed by atoms with Crippen molar-refractivity contribution in [3.05, 3.63) is 29.8 Å². The van der Waals surface area contributed by atoms with Crippen LogP contribution in [0.25, 0.3) is 0 Å². The highest BCUT2D eigenvalue weighted by molar-refractivity contribution is 5.94. The van der Waals surface area contributed by atoms with Gasteiger partial charge in [0.2, 0.25) is 0 Å². The highest BCUT2D eigenvalue weighted by atomic mass is 19.4. The molecule has 8 heteroatoms. The molecular formula is C13H14F3NO4. The summed E-state index contributed by atoms with van der Waals surface area (Å²) in [4.78, 5) is 22.4. The van der Waals surface area contributed by atoms with Gasteiger partial charge >= 0.3 is 12.3 Å². The second kappa shape index (κ2) is 6.96. The molecule has 1 rings (SSSR count). The van der Waals surface area contributed by atoms with Crippen molar-refractivity contribution in [1.82, 2.24) is 5.32 Å². The summed E-state index contributed by atoms with van der Waals surface area (Å²) in [5.74, 6) is -2.03. The maximum absolute atomic E-state index is 12.0. The van der Waals surface area contributed by atoms with Crippen LogP contribution >= 0.6 is 0 Å². The van der Waals surface area contributed by atoms with Crippen LogP contribution in [0.5, 0.6) is 5.75 Å². The fourth-order valence-corrected chi connectivity index (χ4v) is 1.58. The van der Waals surface area contributed by atoms with Crippen LogP contribution in [-0.4, -0.2) is 29.4 Å². The number of ether oxygens (including phenoxy) is 1. The molecule has 1 atom stereocenters. The number of benzene rings is 1. The zero-order chi connectivity index (χ0) is 16.0. The topological polar surface area (TPSA) is 75.6 Å². The summed E-state index contributed by atoms with van der Waals surface area (Å²) in [6.07, 6.45) is -4.59. The Labute approximate surface area is 118 Å². The van der Waals surface area contributed by atoms with Crippen molar-refractivity contribution in [1.29, 1.82) is 0 Å². The van der Waals surface area contributed by atoms with E-state index in [1.807, 2.05) is 0 Å². The first kappa shape index (κ1) is 16.8. The number of carbonyl (C=O) groups is 2. The van der Waals surface area contributed by atoms with E-state index in [2.05, 4.69) is 10.1 Å². The third-order valence-corrected chi connectivity index (χ3v) is 2.60. The summed E-state index contributed by atoms with van der Waals surface area (Å²) in [6, 6.07) is 3.83. The number of carboxylic acid groups (broad SMARTS) is 1. The molecule has 1 unspecified atom stereocenters. The fraction of sp³-hybridized carbons (Fsp3) is 0.385. The maximum atomic E-state index is 12.0. The van der Waals surface area contributed by atoms with Crippen LogP contribution in [0.4, 0.5) is 13.2 Å². The number of amides is 1. The Balaban J connectivity index is 2.68. The smallest absolute Gasteiger partial charge is 0.481 e. The molecule has 0 heterocycles. The Hall–Kier alpha value is -2.25. The summed E-state index contributed by atoms with van der Waals surface area (Å²) < 4.78 is 39.6. The van der Waals surface area contributed by atoms with Gasteiger partial charge in [-0.2, -0.15) is 0 Å². The van der Waals surface area contributed by atoms with Crippen molar-refractivity contribution in [3.63, 3.8) is 0 Å². The predicted molar refractivity (Wildman–Crippen MR) is 66.9 cm³/mol. The quantitative estimate of drug-likeness (QED) is 0.847. The van der Waals surface area contributed by atoms with Gasteiger partial charge < -0.3 is 15.2 Å². The largest absolute Gasteiger partial charge is 0.573 e. The highest BCUT2D eigenvalue weighted by Crippen LogP contribution is 2.22. The van der Waals surface area contributed by atoms with Gasteiger partial charge in [-0.1, -0.05) is 6.92 Å². The number of carboxylic acids is 1. The Morgan fingerprint density at radius 3 is 2.29 bits per heavy atom. The van der Waals surface area contributed by atoms with E-state index in [9.17, 15) is 22.8 Å². The number of hydrogen-bond acceptors (Lipinski definition) is 3. The molecule has 5 nitrogen and oxygen atoms in total. The van der Waals surface area contributed by atoms with E-state index >= 15 is 0 Å². The first-order chi connectivity index (χ1) is 9.71. The maximum Gasteiger partial charge on any atom is 0.573 e. The van der Waals surface area contributed by atoms with Crippen molar-refractivity contribution in [3.8, 4) is 5.75 Å². The van der Waals surface area contributed by atoms with Gasteiger partial charge in [-0.15, -0.1) is 13.2 Å². The minimum Gasteiger partial charge on any atom is -0.481 e. The number of alkyl halides is 3. The molecule has 0 saturated carbocycles. The Kier molecular flexibility index (Phi) is 5.57. The van der Waals surface area contributed by atoms with Crippen molar-refractivity contribution >= 4 is 11.9 Å². The van der Waals surface area contributed by atoms with E-state index in [4.69, 9.17) is 5.11 Å². The third kappa shape index (κ3) is 6.15. The van der Waals surface area contributed by atoms with Gasteiger partial charge in [-0.05, 0) is 30.7 Å². The third-order valence-electron chi connectivity index (χ3n) is 2.60. The van der Waals surface area contributed by atoms with Gasteiger partial charge in [0.25, 0.3) is 5.91 Å². The lowest BCUT2D eigenvalue weighted by Crippen LogP contribution is -2.36. The Bertz CT molecular complexity index is 499. The van der Waals surface area contributed by atoms with E-state index in [0.717, 1.165) is 12.1 Å². The molecule has 0 aliphatic rings. The first-order valence-electron chi connectivity index (χ1n) is 6.09. The molecule has 1 amide bonds. The summed E-state index contributed by atoms with van der Waals surface area (Å²) in [5, 5.41) is 11.2. The molecule has 0 radical (unpaired) electrons. The van der Waals surface area contributed by atoms with Gasteiger partial charge in [0.1, 0.15) is 5.75 Å². The van der Waals surface area contributed by atoms with E-state index in [-0.39, 0.29) is 12.0 Å². The Morgan fingerprint density at radius 1 is 1.29 bits per heavy atom. The van der Waals surface area contributed by atoms with E-state index in [0.29, 0.717) is 6.42 Å². The molecule has 0 aliphatic carbocycles. The molecule has 0 saturated heterocycles. The second-order valence-corrected chi connectivity index (χ2v) is 4.25. The lowest BCUT2D eigenvalue weighted by atomic mass is 10.1. The van der Waals surface area contributed by atoms with Crippen LogP contribution in [0.3, 0.4) is 0 Å². The first-order valence-corrected chi connectivity index (χ1v) is 6.09. The van der Waals surface area contributed by atoms with Crippen LogP contribution in [0.15, 0.2) is 24.3 Å². The number of carbonyl (C=O) groups excluding carboxylic acids is 1. The summed E-state index contributed by atoms with van der Waals surface area (Å²) in [7, 11) is 0. The molecule has 21 heavy (non-hydrogen) atoms. The van der Waals surface area contributed by atoms with E-state index < -0.39 is 30.0 Å². The van der Waals surface area contributed by atoms with Gasteiger partial charge in [-0.3, -0.25) is 9.59 Å².